The van der Waals surface area contributed by atoms with E-state index in [1.165, 1.54) is 89.9 Å². The molecule has 0 aliphatic rings. The normalized spacial score (nSPS) is 13.7. The molecule has 310 valence electrons. The van der Waals surface area contributed by atoms with E-state index in [9.17, 15) is 19.0 Å². The summed E-state index contributed by atoms with van der Waals surface area (Å²) in [6, 6.07) is 0. The highest BCUT2D eigenvalue weighted by Gasteiger charge is 2.21. The fourth-order valence-electron chi connectivity index (χ4n) is 5.89. The molecule has 0 heterocycles. The number of carbonyl (C=O) groups excluding carboxylic acids is 2. The molecule has 0 aromatic carbocycles. The molecule has 10 heteroatoms. The molecular weight excluding hydrogens is 689 g/mol. The lowest BCUT2D eigenvalue weighted by molar-refractivity contribution is -0.373. The van der Waals surface area contributed by atoms with E-state index in [4.69, 9.17) is 18.5 Å². The van der Waals surface area contributed by atoms with Crippen LogP contribution in [-0.2, 0) is 32.7 Å². The molecule has 2 atom stereocenters. The molecule has 0 fully saturated rings. The SMILES string of the molecule is CC/C=C\C/C=C\C/C=C\CCCCCCCC(=O)O[C@H](COC(=O)CCCCCCCCCCCCCCCCCCC)COP(=O)([O-])OCC[NH3+]. The molecule has 0 aliphatic heterocycles. The Labute approximate surface area is 324 Å². The fraction of sp³-hybridized carbons (Fsp3) is 0.814. The molecule has 0 aromatic heterocycles. The first kappa shape index (κ1) is 51.2. The molecule has 0 aliphatic carbocycles. The number of hydrogen-bond acceptors (Lipinski definition) is 8. The van der Waals surface area contributed by atoms with Crippen LogP contribution in [-0.4, -0.2) is 44.4 Å². The van der Waals surface area contributed by atoms with Gasteiger partial charge in [-0.2, -0.15) is 0 Å². The van der Waals surface area contributed by atoms with Crippen LogP contribution >= 0.6 is 7.82 Å². The minimum absolute atomic E-state index is 0.107. The standard InChI is InChI=1S/C43H80NO8P/c1-3-5-7-9-11-13-15-17-19-20-22-23-25-27-29-31-33-35-42(45)49-39-41(40-51-53(47,48)50-38-37-44)52-43(46)36-34-32-30-28-26-24-21-18-16-14-12-10-8-6-4-2/h6,8,12,14,18,21,41H,3-5,7,9-11,13,15-17,19-20,22-40,44H2,1-2H3,(H,47,48)/b8-6-,14-12-,21-18-/t41-/m1/s1. The molecule has 0 saturated heterocycles. The monoisotopic (exact) mass is 770 g/mol. The summed E-state index contributed by atoms with van der Waals surface area (Å²) in [5.74, 6) is -0.861. The molecule has 0 radical (unpaired) electrons. The van der Waals surface area contributed by atoms with Gasteiger partial charge in [0.25, 0.3) is 7.82 Å². The van der Waals surface area contributed by atoms with E-state index in [0.29, 0.717) is 6.42 Å². The van der Waals surface area contributed by atoms with Gasteiger partial charge in [0, 0.05) is 12.8 Å². The Morgan fingerprint density at radius 2 is 1.04 bits per heavy atom. The maximum Gasteiger partial charge on any atom is 0.306 e. The summed E-state index contributed by atoms with van der Waals surface area (Å²) >= 11 is 0. The second-order valence-electron chi connectivity index (χ2n) is 14.2. The molecule has 9 nitrogen and oxygen atoms in total. The average molecular weight is 770 g/mol. The molecular formula is C43H80NO8P. The van der Waals surface area contributed by atoms with E-state index in [1.54, 1.807) is 0 Å². The minimum atomic E-state index is -4.59. The summed E-state index contributed by atoms with van der Waals surface area (Å²) in [7, 11) is -4.59. The number of rotatable bonds is 40. The summed E-state index contributed by atoms with van der Waals surface area (Å²) in [5.41, 5.74) is 3.55. The lowest BCUT2D eigenvalue weighted by Crippen LogP contribution is -2.52. The third-order valence-electron chi connectivity index (χ3n) is 9.06. The molecule has 0 amide bonds. The Morgan fingerprint density at radius 1 is 0.585 bits per heavy atom. The van der Waals surface area contributed by atoms with Gasteiger partial charge in [-0.3, -0.25) is 14.2 Å². The number of phosphoric ester groups is 1. The molecule has 0 saturated carbocycles. The van der Waals surface area contributed by atoms with Gasteiger partial charge in [-0.25, -0.2) is 0 Å². The van der Waals surface area contributed by atoms with Crippen LogP contribution in [0.25, 0.3) is 0 Å². The van der Waals surface area contributed by atoms with Gasteiger partial charge in [-0.1, -0.05) is 172 Å². The van der Waals surface area contributed by atoms with E-state index < -0.39 is 32.5 Å². The first-order valence-electron chi connectivity index (χ1n) is 21.5. The van der Waals surface area contributed by atoms with Crippen molar-refractivity contribution in [1.29, 1.82) is 0 Å². The number of esters is 2. The zero-order valence-corrected chi connectivity index (χ0v) is 35.0. The van der Waals surface area contributed by atoms with Gasteiger partial charge in [-0.05, 0) is 44.9 Å². The Hall–Kier alpha value is -1.77. The topological polar surface area (TPSA) is 139 Å². The lowest BCUT2D eigenvalue weighted by atomic mass is 10.0. The van der Waals surface area contributed by atoms with Gasteiger partial charge in [0.05, 0.1) is 13.2 Å². The maximum atomic E-state index is 12.6. The second kappa shape index (κ2) is 39.9. The highest BCUT2D eigenvalue weighted by Crippen LogP contribution is 2.38. The summed E-state index contributed by atoms with van der Waals surface area (Å²) < 4.78 is 32.5. The largest absolute Gasteiger partial charge is 0.756 e. The molecule has 53 heavy (non-hydrogen) atoms. The number of allylic oxidation sites excluding steroid dienone is 6. The summed E-state index contributed by atoms with van der Waals surface area (Å²) in [5, 5.41) is 0. The van der Waals surface area contributed by atoms with Crippen LogP contribution in [0.5, 0.6) is 0 Å². The molecule has 0 bridgehead atoms. The van der Waals surface area contributed by atoms with Crippen LogP contribution in [0, 0.1) is 0 Å². The zero-order chi connectivity index (χ0) is 38.9. The van der Waals surface area contributed by atoms with Crippen LogP contribution in [0.15, 0.2) is 36.5 Å². The lowest BCUT2D eigenvalue weighted by Gasteiger charge is -2.25. The number of unbranched alkanes of at least 4 members (excludes halogenated alkanes) is 21. The second-order valence-corrected chi connectivity index (χ2v) is 15.6. The van der Waals surface area contributed by atoms with Crippen molar-refractivity contribution in [3.63, 3.8) is 0 Å². The molecule has 0 rings (SSSR count). The van der Waals surface area contributed by atoms with Crippen LogP contribution < -0.4 is 10.6 Å². The van der Waals surface area contributed by atoms with Gasteiger partial charge in [-0.15, -0.1) is 0 Å². The van der Waals surface area contributed by atoms with Crippen LogP contribution in [0.2, 0.25) is 0 Å². The van der Waals surface area contributed by atoms with E-state index in [1.807, 2.05) is 0 Å². The first-order valence-corrected chi connectivity index (χ1v) is 23.0. The van der Waals surface area contributed by atoms with E-state index in [-0.39, 0.29) is 32.6 Å². The highest BCUT2D eigenvalue weighted by atomic mass is 31.2. The third-order valence-corrected chi connectivity index (χ3v) is 10.0. The van der Waals surface area contributed by atoms with Crippen molar-refractivity contribution in [3.05, 3.63) is 36.5 Å². The Kier molecular flexibility index (Phi) is 38.6. The number of quaternary nitrogens is 1. The molecule has 0 aromatic rings. The summed E-state index contributed by atoms with van der Waals surface area (Å²) in [6.45, 7) is 3.81. The maximum absolute atomic E-state index is 12.6. The van der Waals surface area contributed by atoms with Crippen LogP contribution in [0.4, 0.5) is 0 Å². The number of phosphoric acid groups is 1. The number of hydrogen-bond donors (Lipinski definition) is 1. The van der Waals surface area contributed by atoms with E-state index in [0.717, 1.165) is 70.6 Å². The Morgan fingerprint density at radius 3 is 1.55 bits per heavy atom. The quantitative estimate of drug-likeness (QED) is 0.0281. The summed E-state index contributed by atoms with van der Waals surface area (Å²) in [6.07, 6.45) is 43.1. The highest BCUT2D eigenvalue weighted by molar-refractivity contribution is 7.45. The van der Waals surface area contributed by atoms with Gasteiger partial charge in [0.1, 0.15) is 13.2 Å². The van der Waals surface area contributed by atoms with Crippen molar-refractivity contribution >= 4 is 19.8 Å². The van der Waals surface area contributed by atoms with E-state index >= 15 is 0 Å². The van der Waals surface area contributed by atoms with Gasteiger partial charge in [0.15, 0.2) is 6.10 Å². The van der Waals surface area contributed by atoms with Crippen molar-refractivity contribution in [2.75, 3.05) is 26.4 Å². The Bertz CT molecular complexity index is 970. The average Bonchev–Trinajstić information content (AvgIpc) is 3.14. The Balaban J connectivity index is 4.15. The van der Waals surface area contributed by atoms with Crippen molar-refractivity contribution in [2.45, 2.75) is 200 Å². The molecule has 3 N–H and O–H groups in total. The number of carbonyl (C=O) groups is 2. The van der Waals surface area contributed by atoms with Crippen LogP contribution in [0.3, 0.4) is 0 Å². The third kappa shape index (κ3) is 39.7. The fourth-order valence-corrected chi connectivity index (χ4v) is 6.67. The van der Waals surface area contributed by atoms with Gasteiger partial charge < -0.3 is 29.1 Å². The summed E-state index contributed by atoms with van der Waals surface area (Å²) in [4.78, 5) is 37.0. The van der Waals surface area contributed by atoms with Crippen molar-refractivity contribution < 1.29 is 43.3 Å². The van der Waals surface area contributed by atoms with E-state index in [2.05, 4.69) is 56.0 Å². The van der Waals surface area contributed by atoms with Crippen LogP contribution in [0.1, 0.15) is 194 Å². The number of ether oxygens (including phenoxy) is 2. The first-order chi connectivity index (χ1) is 25.8. The van der Waals surface area contributed by atoms with Gasteiger partial charge in [0.2, 0.25) is 0 Å². The minimum Gasteiger partial charge on any atom is -0.756 e. The molecule has 1 unspecified atom stereocenters. The zero-order valence-electron chi connectivity index (χ0n) is 34.1. The molecule has 0 spiro atoms. The van der Waals surface area contributed by atoms with Crippen molar-refractivity contribution in [1.82, 2.24) is 0 Å². The predicted octanol–water partition coefficient (Wildman–Crippen LogP) is 10.8. The van der Waals surface area contributed by atoms with Crippen molar-refractivity contribution in [3.8, 4) is 0 Å². The smallest absolute Gasteiger partial charge is 0.306 e. The van der Waals surface area contributed by atoms with Crippen molar-refractivity contribution in [2.24, 2.45) is 0 Å². The van der Waals surface area contributed by atoms with Gasteiger partial charge >= 0.3 is 11.9 Å². The predicted molar refractivity (Wildman–Crippen MR) is 216 cm³/mol.